The highest BCUT2D eigenvalue weighted by atomic mass is 32.2. The van der Waals surface area contributed by atoms with Crippen LogP contribution >= 0.6 is 0 Å². The number of pyridine rings is 1. The lowest BCUT2D eigenvalue weighted by atomic mass is 9.81. The summed E-state index contributed by atoms with van der Waals surface area (Å²) >= 11 is 0. The van der Waals surface area contributed by atoms with Gasteiger partial charge in [-0.3, -0.25) is 14.7 Å². The highest BCUT2D eigenvalue weighted by Crippen LogP contribution is 2.48. The molecule has 1 unspecified atom stereocenters. The van der Waals surface area contributed by atoms with Crippen molar-refractivity contribution in [2.45, 2.75) is 57.2 Å². The molecule has 0 saturated heterocycles. The molecule has 1 amide bonds. The highest BCUT2D eigenvalue weighted by molar-refractivity contribution is 7.87. The zero-order chi connectivity index (χ0) is 34.1. The number of nitrogens with zero attached hydrogens (tertiary/aromatic N) is 5. The van der Waals surface area contributed by atoms with E-state index < -0.39 is 16.1 Å². The predicted molar refractivity (Wildman–Crippen MR) is 190 cm³/mol. The molecular formula is C37H46N6O5S. The fraction of sp³-hybridized carbons (Fsp3) is 0.459. The van der Waals surface area contributed by atoms with E-state index in [2.05, 4.69) is 37.2 Å². The van der Waals surface area contributed by atoms with E-state index in [0.29, 0.717) is 43.5 Å². The molecule has 1 aliphatic carbocycles. The van der Waals surface area contributed by atoms with Crippen LogP contribution in [0, 0.1) is 0 Å². The van der Waals surface area contributed by atoms with Gasteiger partial charge in [0.25, 0.3) is 5.91 Å². The van der Waals surface area contributed by atoms with Gasteiger partial charge in [-0.05, 0) is 74.8 Å². The van der Waals surface area contributed by atoms with E-state index in [1.54, 1.807) is 12.3 Å². The summed E-state index contributed by atoms with van der Waals surface area (Å²) < 4.78 is 45.1. The Morgan fingerprint density at radius 1 is 0.959 bits per heavy atom. The number of benzene rings is 2. The molecule has 11 nitrogen and oxygen atoms in total. The van der Waals surface area contributed by atoms with Crippen LogP contribution in [0.25, 0.3) is 22.2 Å². The lowest BCUT2D eigenvalue weighted by Gasteiger charge is -2.33. The summed E-state index contributed by atoms with van der Waals surface area (Å²) in [4.78, 5) is 22.4. The lowest BCUT2D eigenvalue weighted by molar-refractivity contribution is 0.0979. The van der Waals surface area contributed by atoms with E-state index in [0.717, 1.165) is 59.5 Å². The van der Waals surface area contributed by atoms with Crippen molar-refractivity contribution >= 4 is 27.0 Å². The first-order chi connectivity index (χ1) is 23.7. The van der Waals surface area contributed by atoms with Crippen LogP contribution in [0.5, 0.6) is 11.5 Å². The summed E-state index contributed by atoms with van der Waals surface area (Å²) in [6.07, 6.45) is 7.53. The first-order valence-corrected chi connectivity index (χ1v) is 18.7. The third-order valence-corrected chi connectivity index (χ3v) is 11.9. The van der Waals surface area contributed by atoms with Crippen LogP contribution in [0.2, 0.25) is 0 Å². The van der Waals surface area contributed by atoms with Crippen LogP contribution in [0.1, 0.15) is 59.6 Å². The molecule has 0 spiro atoms. The monoisotopic (exact) mass is 686 g/mol. The van der Waals surface area contributed by atoms with Crippen molar-refractivity contribution in [2.24, 2.45) is 0 Å². The van der Waals surface area contributed by atoms with Crippen molar-refractivity contribution in [3.05, 3.63) is 77.6 Å². The van der Waals surface area contributed by atoms with E-state index in [9.17, 15) is 13.2 Å². The standard InChI is InChI=1S/C37H46N6O5S/c1-40-17-19-41(2)29-23-43-33-21-27(37(44)39-49(45,46)42(3)20-18-40)12-14-31(33)35(26-9-5-4-6-10-26)36(43)32-15-13-30(22-34(32)48-25-29)47-24-28-11-7-8-16-38-28/h7-8,11-16,21-22,26,29H,4-6,9-10,17-20,23-25H2,1-3H3,(H,39,44). The summed E-state index contributed by atoms with van der Waals surface area (Å²) in [5.74, 6) is 1.18. The number of hydrogen-bond donors (Lipinski definition) is 1. The quantitative estimate of drug-likeness (QED) is 0.324. The number of fused-ring (bicyclic) bond motifs is 4. The van der Waals surface area contributed by atoms with Gasteiger partial charge in [0.1, 0.15) is 24.7 Å². The minimum Gasteiger partial charge on any atom is -0.491 e. The molecule has 260 valence electrons. The van der Waals surface area contributed by atoms with Crippen LogP contribution in [0.3, 0.4) is 0 Å². The van der Waals surface area contributed by atoms with Crippen LogP contribution in [0.4, 0.5) is 0 Å². The molecule has 2 aromatic heterocycles. The SMILES string of the molecule is CN1CCN(C)C2COc3cc(OCc4ccccn4)ccc3-c3c(C4CCCCC4)c4ccc(cc4n3C2)C(=O)NS(=O)(=O)N(C)CC1. The Bertz CT molecular complexity index is 1920. The largest absolute Gasteiger partial charge is 0.491 e. The van der Waals surface area contributed by atoms with Gasteiger partial charge in [0.15, 0.2) is 0 Å². The first-order valence-electron chi connectivity index (χ1n) is 17.3. The highest BCUT2D eigenvalue weighted by Gasteiger charge is 2.32. The number of amides is 1. The number of hydrogen-bond acceptors (Lipinski definition) is 8. The molecule has 4 aromatic rings. The Hall–Kier alpha value is -3.97. The maximum Gasteiger partial charge on any atom is 0.303 e. The zero-order valence-electron chi connectivity index (χ0n) is 28.6. The van der Waals surface area contributed by atoms with Crippen molar-refractivity contribution in [1.29, 1.82) is 0 Å². The second kappa shape index (κ2) is 14.1. The molecule has 0 radical (unpaired) electrons. The van der Waals surface area contributed by atoms with Crippen LogP contribution in [0.15, 0.2) is 60.8 Å². The van der Waals surface area contributed by atoms with E-state index in [1.165, 1.54) is 36.2 Å². The molecule has 4 heterocycles. The van der Waals surface area contributed by atoms with E-state index in [1.807, 2.05) is 49.5 Å². The molecule has 2 aromatic carbocycles. The number of carbonyl (C=O) groups excluding carboxylic acids is 1. The molecule has 1 atom stereocenters. The normalized spacial score (nSPS) is 21.5. The number of aromatic nitrogens is 2. The summed E-state index contributed by atoms with van der Waals surface area (Å²) in [5, 5.41) is 1.10. The lowest BCUT2D eigenvalue weighted by Crippen LogP contribution is -2.46. The fourth-order valence-corrected chi connectivity index (χ4v) is 8.20. The molecule has 7 rings (SSSR count). The van der Waals surface area contributed by atoms with Gasteiger partial charge in [0, 0.05) is 74.1 Å². The van der Waals surface area contributed by atoms with E-state index >= 15 is 0 Å². The molecule has 3 aliphatic rings. The van der Waals surface area contributed by atoms with Crippen LogP contribution < -0.4 is 14.2 Å². The molecular weight excluding hydrogens is 641 g/mol. The van der Waals surface area contributed by atoms with Crippen LogP contribution in [-0.4, -0.2) is 98.0 Å². The van der Waals surface area contributed by atoms with Gasteiger partial charge in [0.05, 0.1) is 17.4 Å². The molecule has 49 heavy (non-hydrogen) atoms. The third kappa shape index (κ3) is 7.05. The van der Waals surface area contributed by atoms with Crippen LogP contribution in [-0.2, 0) is 23.4 Å². The average Bonchev–Trinajstić information content (AvgIpc) is 3.41. The number of carbonyl (C=O) groups is 1. The Kier molecular flexibility index (Phi) is 9.65. The topological polar surface area (TPSA) is 109 Å². The Balaban J connectivity index is 1.39. The Morgan fingerprint density at radius 2 is 1.78 bits per heavy atom. The van der Waals surface area contributed by atoms with E-state index in [4.69, 9.17) is 9.47 Å². The number of ether oxygens (including phenoxy) is 2. The molecule has 4 bridgehead atoms. The molecule has 12 heteroatoms. The molecule has 2 aliphatic heterocycles. The van der Waals surface area contributed by atoms with Crippen molar-refractivity contribution in [3.8, 4) is 22.8 Å². The van der Waals surface area contributed by atoms with Gasteiger partial charge in [-0.25, -0.2) is 4.72 Å². The number of likely N-dealkylation sites (N-methyl/N-ethyl adjacent to an activating group) is 3. The fourth-order valence-electron chi connectivity index (χ4n) is 7.37. The van der Waals surface area contributed by atoms with Crippen molar-refractivity contribution in [2.75, 3.05) is 53.9 Å². The number of nitrogens with one attached hydrogen (secondary N) is 1. The van der Waals surface area contributed by atoms with Gasteiger partial charge < -0.3 is 18.9 Å². The van der Waals surface area contributed by atoms with Crippen molar-refractivity contribution in [3.63, 3.8) is 0 Å². The van der Waals surface area contributed by atoms with Crippen molar-refractivity contribution in [1.82, 2.24) is 28.4 Å². The summed E-state index contributed by atoms with van der Waals surface area (Å²) in [6.45, 7) is 3.77. The molecule has 1 N–H and O–H groups in total. The average molecular weight is 687 g/mol. The maximum absolute atomic E-state index is 13.5. The van der Waals surface area contributed by atoms with Gasteiger partial charge in [-0.15, -0.1) is 0 Å². The smallest absolute Gasteiger partial charge is 0.303 e. The maximum atomic E-state index is 13.5. The van der Waals surface area contributed by atoms with Gasteiger partial charge in [-0.2, -0.15) is 12.7 Å². The van der Waals surface area contributed by atoms with Gasteiger partial charge in [0.2, 0.25) is 0 Å². The zero-order valence-corrected chi connectivity index (χ0v) is 29.4. The first kappa shape index (κ1) is 33.5. The summed E-state index contributed by atoms with van der Waals surface area (Å²) in [6, 6.07) is 17.6. The minimum absolute atomic E-state index is 0.0293. The summed E-state index contributed by atoms with van der Waals surface area (Å²) in [7, 11) is 1.60. The third-order valence-electron chi connectivity index (χ3n) is 10.4. The Labute approximate surface area is 289 Å². The molecule has 1 saturated carbocycles. The van der Waals surface area contributed by atoms with Gasteiger partial charge in [-0.1, -0.05) is 31.4 Å². The second-order valence-electron chi connectivity index (χ2n) is 13.7. The number of rotatable bonds is 4. The van der Waals surface area contributed by atoms with E-state index in [-0.39, 0.29) is 12.6 Å². The second-order valence-corrected chi connectivity index (χ2v) is 15.5. The Morgan fingerprint density at radius 3 is 2.57 bits per heavy atom. The predicted octanol–water partition coefficient (Wildman–Crippen LogP) is 4.87. The molecule has 1 fully saturated rings. The summed E-state index contributed by atoms with van der Waals surface area (Å²) in [5.41, 5.74) is 5.47. The minimum atomic E-state index is -4.02. The van der Waals surface area contributed by atoms with Crippen molar-refractivity contribution < 1.29 is 22.7 Å². The van der Waals surface area contributed by atoms with Gasteiger partial charge >= 0.3 is 10.2 Å².